The average Bonchev–Trinajstić information content (AvgIpc) is 4.20. The summed E-state index contributed by atoms with van der Waals surface area (Å²) in [4.78, 5) is 26.2. The molecule has 0 saturated heterocycles. The van der Waals surface area contributed by atoms with Gasteiger partial charge in [-0.3, -0.25) is 9.59 Å². The molecule has 5 nitrogen and oxygen atoms in total. The molecule has 4 heterocycles. The van der Waals surface area contributed by atoms with Crippen LogP contribution in [0.5, 0.6) is 0 Å². The van der Waals surface area contributed by atoms with Gasteiger partial charge in [0.15, 0.2) is 12.6 Å². The van der Waals surface area contributed by atoms with Gasteiger partial charge in [-0.15, -0.1) is 56.9 Å². The fraction of sp³-hybridized carbons (Fsp3) is 0.160. The minimum Gasteiger partial charge on any atom is -1.00 e. The first-order valence-corrected chi connectivity index (χ1v) is 24.5. The van der Waals surface area contributed by atoms with Gasteiger partial charge in [0.25, 0.3) is 0 Å². The summed E-state index contributed by atoms with van der Waals surface area (Å²) >= 11 is 14.4. The van der Waals surface area contributed by atoms with Gasteiger partial charge in [-0.2, -0.15) is 52.7 Å². The first-order chi connectivity index (χ1) is 33.7. The molecule has 0 fully saturated rings. The minimum absolute atomic E-state index is 0. The summed E-state index contributed by atoms with van der Waals surface area (Å²) in [5.41, 5.74) is -0.549. The molecule has 8 aromatic rings. The van der Waals surface area contributed by atoms with Crippen LogP contribution in [0.4, 0.5) is 52.7 Å². The van der Waals surface area contributed by atoms with E-state index in [4.69, 9.17) is 26.8 Å². The number of hydrogen-bond acceptors (Lipinski definition) is 9. The molecule has 0 spiro atoms. The molecule has 4 aromatic carbocycles. The molecule has 0 bridgehead atoms. The van der Waals surface area contributed by atoms with Gasteiger partial charge in [0, 0.05) is 32.8 Å². The summed E-state index contributed by atoms with van der Waals surface area (Å²) in [7, 11) is -1.73. The van der Waals surface area contributed by atoms with Crippen LogP contribution in [0.25, 0.3) is 31.3 Å². The maximum atomic E-state index is 12.4. The van der Waals surface area contributed by atoms with E-state index in [0.29, 0.717) is 16.3 Å². The standard InChI is InChI=1S/C12H8ClF3S.C12H9F3OS.C12H7F3OS.C7H6BF3O2.C5H3BrOS.2CH4.B.Li.H/c13-7-10-5-6-11(17-10)8-1-3-9(4-2-8)12(14,15)16;2*13-12(14,15)9-3-1-8(2-4-9)11-6-5-10(7-16)17-11;9-7(10,11)5-1-3-6(4-2-5)8(12)13;6-5-2-1-4(3-7)8-5;;;;;/h1-6H,7H2;1-6,16H,7H2;1-7H;1-4,12-13H;1-3H;2*1H4;;;/q;;;;;;;;+1;-1. The van der Waals surface area contributed by atoms with Crippen LogP contribution < -0.4 is 24.3 Å². The van der Waals surface area contributed by atoms with Gasteiger partial charge < -0.3 is 16.6 Å². The predicted molar refractivity (Wildman–Crippen MR) is 284 cm³/mol. The van der Waals surface area contributed by atoms with Gasteiger partial charge in [0.05, 0.1) is 48.3 Å². The molecule has 401 valence electrons. The van der Waals surface area contributed by atoms with E-state index in [-0.39, 0.29) is 55.6 Å². The molecule has 3 radical (unpaired) electrons. The number of thiophene rings is 4. The number of carbonyl (C=O) groups excluding carboxylic acids is 2. The number of aliphatic hydroxyl groups excluding tert-OH is 1. The molecule has 0 unspecified atom stereocenters. The van der Waals surface area contributed by atoms with Crippen LogP contribution >= 0.6 is 72.9 Å². The maximum Gasteiger partial charge on any atom is 1.00 e. The number of halogens is 14. The third kappa shape index (κ3) is 22.9. The number of benzene rings is 4. The smallest absolute Gasteiger partial charge is 1.00 e. The van der Waals surface area contributed by atoms with E-state index in [1.165, 1.54) is 81.7 Å². The van der Waals surface area contributed by atoms with E-state index in [9.17, 15) is 62.3 Å². The molecule has 0 aliphatic carbocycles. The Labute approximate surface area is 475 Å². The number of hydrogen-bond donors (Lipinski definition) is 3. The second kappa shape index (κ2) is 32.5. The average molecular weight is 1220 g/mol. The van der Waals surface area contributed by atoms with Gasteiger partial charge in [0.1, 0.15) is 0 Å². The fourth-order valence-corrected chi connectivity index (χ4v) is 9.56. The zero-order chi connectivity index (χ0) is 53.4. The van der Waals surface area contributed by atoms with Gasteiger partial charge in [-0.1, -0.05) is 75.5 Å². The SMILES string of the molecule is C.C.FC(F)(F)c1ccc(-c2ccc(CCl)s2)cc1.O=Cc1ccc(-c2ccc(C(F)(F)F)cc2)s1.O=Cc1ccc(Br)s1.OB(O)c1ccc(C(F)(F)F)cc1.OCc1ccc(-c2ccc(C(F)(F)F)cc2)s1.[B].[H-].[Li+]. The second-order valence-corrected chi connectivity index (χ2v) is 20.3. The Morgan fingerprint density at radius 3 is 1.03 bits per heavy atom. The van der Waals surface area contributed by atoms with Gasteiger partial charge in [0.2, 0.25) is 0 Å². The Morgan fingerprint density at radius 1 is 0.474 bits per heavy atom. The monoisotopic (exact) mass is 1220 g/mol. The molecule has 0 saturated carbocycles. The molecule has 0 aliphatic rings. The quantitative estimate of drug-likeness (QED) is 0.0610. The zero-order valence-electron chi connectivity index (χ0n) is 38.7. The number of aliphatic hydroxyl groups is 1. The summed E-state index contributed by atoms with van der Waals surface area (Å²) in [6, 6.07) is 33.0. The number of carbonyl (C=O) groups is 2. The van der Waals surface area contributed by atoms with Gasteiger partial charge >= 0.3 is 50.7 Å². The van der Waals surface area contributed by atoms with Crippen molar-refractivity contribution in [3.8, 4) is 31.3 Å². The van der Waals surface area contributed by atoms with E-state index in [2.05, 4.69) is 15.9 Å². The summed E-state index contributed by atoms with van der Waals surface area (Å²) in [6.45, 7) is -0.0503. The van der Waals surface area contributed by atoms with Crippen LogP contribution in [0.2, 0.25) is 0 Å². The van der Waals surface area contributed by atoms with Crippen LogP contribution in [-0.2, 0) is 37.2 Å². The second-order valence-electron chi connectivity index (χ2n) is 14.1. The molecule has 26 heteroatoms. The van der Waals surface area contributed by atoms with E-state index in [1.807, 2.05) is 18.2 Å². The predicted octanol–water partition coefficient (Wildman–Crippen LogP) is 14.1. The van der Waals surface area contributed by atoms with Crippen LogP contribution in [0.15, 0.2) is 149 Å². The summed E-state index contributed by atoms with van der Waals surface area (Å²) < 4.78 is 148. The molecule has 4 aromatic heterocycles. The van der Waals surface area contributed by atoms with E-state index in [0.717, 1.165) is 117 Å². The first kappa shape index (κ1) is 71.6. The van der Waals surface area contributed by atoms with Gasteiger partial charge in [-0.05, 0) is 123 Å². The first-order valence-electron chi connectivity index (χ1n) is 19.9. The third-order valence-electron chi connectivity index (χ3n) is 9.09. The fourth-order valence-electron chi connectivity index (χ4n) is 5.50. The molecule has 0 atom stereocenters. The Balaban J connectivity index is 0. The third-order valence-corrected chi connectivity index (χ3v) is 14.4. The number of alkyl halides is 13. The Hall–Kier alpha value is -4.44. The number of rotatable bonds is 8. The molecule has 8 rings (SSSR count). The van der Waals surface area contributed by atoms with Crippen molar-refractivity contribution >= 4 is 106 Å². The van der Waals surface area contributed by atoms with Crippen LogP contribution in [-0.4, -0.2) is 43.3 Å². The van der Waals surface area contributed by atoms with Crippen molar-refractivity contribution in [2.24, 2.45) is 0 Å². The van der Waals surface area contributed by atoms with Crippen LogP contribution in [0.1, 0.15) is 67.6 Å². The van der Waals surface area contributed by atoms with Gasteiger partial charge in [-0.25, -0.2) is 0 Å². The van der Waals surface area contributed by atoms with Crippen LogP contribution in [0.3, 0.4) is 0 Å². The molecular formula is C50H42B2BrClF12LiO5S4. The Bertz CT molecular complexity index is 2840. The van der Waals surface area contributed by atoms with E-state index >= 15 is 0 Å². The summed E-state index contributed by atoms with van der Waals surface area (Å²) in [5, 5.41) is 26.1. The summed E-state index contributed by atoms with van der Waals surface area (Å²) in [5.74, 6) is 0.422. The minimum atomic E-state index is -4.39. The molecular weight excluding hydrogens is 1180 g/mol. The molecule has 76 heavy (non-hydrogen) atoms. The normalized spacial score (nSPS) is 10.8. The zero-order valence-corrected chi connectivity index (χ0v) is 43.3. The maximum absolute atomic E-state index is 12.4. The Kier molecular flexibility index (Phi) is 30.6. The topological polar surface area (TPSA) is 94.8 Å². The van der Waals surface area contributed by atoms with Crippen molar-refractivity contribution in [3.63, 3.8) is 0 Å². The van der Waals surface area contributed by atoms with E-state index < -0.39 is 54.1 Å². The van der Waals surface area contributed by atoms with E-state index in [1.54, 1.807) is 30.3 Å². The van der Waals surface area contributed by atoms with Crippen molar-refractivity contribution in [1.82, 2.24) is 0 Å². The van der Waals surface area contributed by atoms with Crippen molar-refractivity contribution in [2.45, 2.75) is 52.0 Å². The number of aldehydes is 2. The van der Waals surface area contributed by atoms with Crippen molar-refractivity contribution < 1.29 is 97.7 Å². The molecule has 0 aliphatic heterocycles. The van der Waals surface area contributed by atoms with Crippen molar-refractivity contribution in [1.29, 1.82) is 0 Å². The largest absolute Gasteiger partial charge is 1.00 e. The molecule has 0 amide bonds. The molecule has 3 N–H and O–H groups in total. The van der Waals surface area contributed by atoms with Crippen molar-refractivity contribution in [2.75, 3.05) is 0 Å². The Morgan fingerprint density at radius 2 is 0.776 bits per heavy atom. The van der Waals surface area contributed by atoms with Crippen LogP contribution in [0, 0.1) is 0 Å². The summed E-state index contributed by atoms with van der Waals surface area (Å²) in [6.07, 6.45) is -15.7. The van der Waals surface area contributed by atoms with Crippen molar-refractivity contribution in [3.05, 3.63) is 191 Å².